The van der Waals surface area contributed by atoms with Gasteiger partial charge in [0.25, 0.3) is 0 Å². The molecule has 0 saturated heterocycles. The molecule has 0 aliphatic rings. The van der Waals surface area contributed by atoms with Gasteiger partial charge < -0.3 is 0 Å². The SMILES string of the molecule is CS(=O)(=O)c1ccccc1-c1cc(C(=O)CBr)ccc1F. The summed E-state index contributed by atoms with van der Waals surface area (Å²) in [6.45, 7) is 0. The van der Waals surface area contributed by atoms with Crippen LogP contribution in [0.25, 0.3) is 11.1 Å². The summed E-state index contributed by atoms with van der Waals surface area (Å²) in [6.07, 6.45) is 1.07. The maximum absolute atomic E-state index is 14.1. The predicted molar refractivity (Wildman–Crippen MR) is 83.1 cm³/mol. The van der Waals surface area contributed by atoms with Gasteiger partial charge in [-0.3, -0.25) is 4.79 Å². The van der Waals surface area contributed by atoms with Crippen molar-refractivity contribution in [2.75, 3.05) is 11.6 Å². The normalized spacial score (nSPS) is 11.4. The highest BCUT2D eigenvalue weighted by molar-refractivity contribution is 9.09. The van der Waals surface area contributed by atoms with E-state index in [1.54, 1.807) is 12.1 Å². The Labute approximate surface area is 130 Å². The van der Waals surface area contributed by atoms with Gasteiger partial charge in [-0.25, -0.2) is 12.8 Å². The molecule has 0 aliphatic heterocycles. The molecule has 110 valence electrons. The summed E-state index contributed by atoms with van der Waals surface area (Å²) in [5, 5.41) is 0.117. The van der Waals surface area contributed by atoms with E-state index in [-0.39, 0.29) is 27.1 Å². The zero-order valence-corrected chi connectivity index (χ0v) is 13.5. The van der Waals surface area contributed by atoms with Crippen LogP contribution in [-0.4, -0.2) is 25.8 Å². The monoisotopic (exact) mass is 370 g/mol. The van der Waals surface area contributed by atoms with Crippen molar-refractivity contribution < 1.29 is 17.6 Å². The predicted octanol–water partition coefficient (Wildman–Crippen LogP) is 3.47. The topological polar surface area (TPSA) is 51.2 Å². The number of hydrogen-bond acceptors (Lipinski definition) is 3. The second kappa shape index (κ2) is 6.07. The van der Waals surface area contributed by atoms with Crippen molar-refractivity contribution in [1.29, 1.82) is 0 Å². The van der Waals surface area contributed by atoms with Crippen LogP contribution in [0.15, 0.2) is 47.4 Å². The Bertz CT molecular complexity index is 800. The minimum absolute atomic E-state index is 0.0346. The van der Waals surface area contributed by atoms with Crippen LogP contribution in [0.3, 0.4) is 0 Å². The van der Waals surface area contributed by atoms with Crippen LogP contribution in [-0.2, 0) is 9.84 Å². The first-order valence-corrected chi connectivity index (χ1v) is 9.04. The first kappa shape index (κ1) is 15.9. The van der Waals surface area contributed by atoms with Crippen LogP contribution in [0.4, 0.5) is 4.39 Å². The summed E-state index contributed by atoms with van der Waals surface area (Å²) in [5.41, 5.74) is 0.677. The average Bonchev–Trinajstić information content (AvgIpc) is 2.46. The molecule has 0 aliphatic carbocycles. The van der Waals surface area contributed by atoms with Gasteiger partial charge >= 0.3 is 0 Å². The van der Waals surface area contributed by atoms with Crippen LogP contribution >= 0.6 is 15.9 Å². The number of rotatable bonds is 4. The lowest BCUT2D eigenvalue weighted by atomic mass is 10.0. The molecule has 3 nitrogen and oxygen atoms in total. The minimum atomic E-state index is -3.50. The molecule has 21 heavy (non-hydrogen) atoms. The molecule has 0 aromatic heterocycles. The first-order chi connectivity index (χ1) is 9.84. The molecule has 0 spiro atoms. The van der Waals surface area contributed by atoms with Crippen molar-refractivity contribution >= 4 is 31.6 Å². The van der Waals surface area contributed by atoms with E-state index in [0.717, 1.165) is 6.26 Å². The fourth-order valence-electron chi connectivity index (χ4n) is 1.99. The van der Waals surface area contributed by atoms with Crippen LogP contribution in [0.2, 0.25) is 0 Å². The van der Waals surface area contributed by atoms with Gasteiger partial charge in [0, 0.05) is 22.9 Å². The molecule has 2 aromatic rings. The lowest BCUT2D eigenvalue weighted by Crippen LogP contribution is -2.03. The van der Waals surface area contributed by atoms with Gasteiger partial charge in [-0.05, 0) is 24.3 Å². The number of ketones is 1. The van der Waals surface area contributed by atoms with E-state index < -0.39 is 15.7 Å². The summed E-state index contributed by atoms with van der Waals surface area (Å²) < 4.78 is 37.7. The lowest BCUT2D eigenvalue weighted by Gasteiger charge is -2.10. The molecule has 2 aromatic carbocycles. The van der Waals surface area contributed by atoms with Crippen LogP contribution in [0.1, 0.15) is 10.4 Å². The largest absolute Gasteiger partial charge is 0.293 e. The van der Waals surface area contributed by atoms with Crippen molar-refractivity contribution in [1.82, 2.24) is 0 Å². The maximum Gasteiger partial charge on any atom is 0.176 e. The molecule has 0 amide bonds. The molecule has 0 saturated carbocycles. The van der Waals surface area contributed by atoms with E-state index in [4.69, 9.17) is 0 Å². The summed E-state index contributed by atoms with van der Waals surface area (Å²) in [4.78, 5) is 11.7. The number of sulfone groups is 1. The van der Waals surface area contributed by atoms with E-state index >= 15 is 0 Å². The van der Waals surface area contributed by atoms with Gasteiger partial charge in [0.1, 0.15) is 5.82 Å². The second-order valence-corrected chi connectivity index (χ2v) is 7.06. The van der Waals surface area contributed by atoms with Crippen molar-refractivity contribution in [3.05, 3.63) is 53.8 Å². The van der Waals surface area contributed by atoms with Crippen molar-refractivity contribution in [3.8, 4) is 11.1 Å². The van der Waals surface area contributed by atoms with E-state index in [1.165, 1.54) is 30.3 Å². The van der Waals surface area contributed by atoms with Gasteiger partial charge in [0.05, 0.1) is 10.2 Å². The fraction of sp³-hybridized carbons (Fsp3) is 0.133. The quantitative estimate of drug-likeness (QED) is 0.611. The zero-order valence-electron chi connectivity index (χ0n) is 11.1. The highest BCUT2D eigenvalue weighted by atomic mass is 79.9. The summed E-state index contributed by atoms with van der Waals surface area (Å²) >= 11 is 3.06. The van der Waals surface area contributed by atoms with Gasteiger partial charge in [0.2, 0.25) is 0 Å². The Balaban J connectivity index is 2.71. The molecular formula is C15H12BrFO3S. The second-order valence-electron chi connectivity index (χ2n) is 4.52. The molecule has 0 bridgehead atoms. The van der Waals surface area contributed by atoms with E-state index in [2.05, 4.69) is 15.9 Å². The number of halogens is 2. The van der Waals surface area contributed by atoms with Gasteiger partial charge in [0.15, 0.2) is 15.6 Å². The molecule has 0 radical (unpaired) electrons. The third kappa shape index (κ3) is 3.39. The first-order valence-electron chi connectivity index (χ1n) is 6.03. The summed E-state index contributed by atoms with van der Waals surface area (Å²) in [5.74, 6) is -0.773. The van der Waals surface area contributed by atoms with Gasteiger partial charge in [-0.1, -0.05) is 34.1 Å². The minimum Gasteiger partial charge on any atom is -0.293 e. The Morgan fingerprint density at radius 1 is 1.14 bits per heavy atom. The van der Waals surface area contributed by atoms with Crippen molar-refractivity contribution in [2.45, 2.75) is 4.90 Å². The maximum atomic E-state index is 14.1. The number of carbonyl (C=O) groups excluding carboxylic acids is 1. The highest BCUT2D eigenvalue weighted by Gasteiger charge is 2.18. The number of hydrogen-bond donors (Lipinski definition) is 0. The fourth-order valence-corrected chi connectivity index (χ4v) is 3.22. The van der Waals surface area contributed by atoms with Crippen LogP contribution in [0, 0.1) is 5.82 Å². The number of benzene rings is 2. The summed E-state index contributed by atoms with van der Waals surface area (Å²) in [6, 6.07) is 10.1. The molecule has 0 N–H and O–H groups in total. The van der Waals surface area contributed by atoms with Crippen molar-refractivity contribution in [2.24, 2.45) is 0 Å². The number of carbonyl (C=O) groups is 1. The molecule has 6 heteroatoms. The standard InChI is InChI=1S/C15H12BrFO3S/c1-21(19,20)15-5-3-2-4-11(15)12-8-10(14(18)9-16)6-7-13(12)17/h2-8H,9H2,1H3. The Hall–Kier alpha value is -1.53. The third-order valence-electron chi connectivity index (χ3n) is 2.99. The Kier molecular flexibility index (Phi) is 4.58. The molecule has 0 unspecified atom stereocenters. The van der Waals surface area contributed by atoms with Gasteiger partial charge in [-0.15, -0.1) is 0 Å². The van der Waals surface area contributed by atoms with E-state index in [1.807, 2.05) is 0 Å². The van der Waals surface area contributed by atoms with Crippen LogP contribution in [0.5, 0.6) is 0 Å². The smallest absolute Gasteiger partial charge is 0.176 e. The third-order valence-corrected chi connectivity index (χ3v) is 4.65. The Morgan fingerprint density at radius 3 is 2.43 bits per heavy atom. The number of alkyl halides is 1. The molecule has 0 heterocycles. The summed E-state index contributed by atoms with van der Waals surface area (Å²) in [7, 11) is -3.50. The zero-order chi connectivity index (χ0) is 15.6. The molecule has 0 atom stereocenters. The Morgan fingerprint density at radius 2 is 1.81 bits per heavy atom. The van der Waals surface area contributed by atoms with E-state index in [9.17, 15) is 17.6 Å². The molecule has 0 fully saturated rings. The van der Waals surface area contributed by atoms with Gasteiger partial charge in [-0.2, -0.15) is 0 Å². The highest BCUT2D eigenvalue weighted by Crippen LogP contribution is 2.30. The van der Waals surface area contributed by atoms with E-state index in [0.29, 0.717) is 5.56 Å². The van der Waals surface area contributed by atoms with Crippen LogP contribution < -0.4 is 0 Å². The average molecular weight is 371 g/mol. The lowest BCUT2D eigenvalue weighted by molar-refractivity contribution is 0.102. The molecule has 2 rings (SSSR count). The molecular weight excluding hydrogens is 359 g/mol. The van der Waals surface area contributed by atoms with Crippen molar-refractivity contribution in [3.63, 3.8) is 0 Å². The number of Topliss-reactive ketones (excluding diaryl/α,β-unsaturated/α-hetero) is 1.